The average molecular weight is 375 g/mol. The van der Waals surface area contributed by atoms with Crippen molar-refractivity contribution in [2.45, 2.75) is 10.4 Å². The fourth-order valence-electron chi connectivity index (χ4n) is 1.84. The summed E-state index contributed by atoms with van der Waals surface area (Å²) in [5.41, 5.74) is -0.866. The molecule has 0 aliphatic carbocycles. The first kappa shape index (κ1) is 18.3. The summed E-state index contributed by atoms with van der Waals surface area (Å²) >= 11 is 1.07. The van der Waals surface area contributed by atoms with Gasteiger partial charge in [0.05, 0.1) is 16.8 Å². The second kappa shape index (κ2) is 7.21. The lowest BCUT2D eigenvalue weighted by atomic mass is 10.1. The van der Waals surface area contributed by atoms with Gasteiger partial charge in [0.2, 0.25) is 10.0 Å². The molecule has 2 rings (SSSR count). The first-order valence-corrected chi connectivity index (χ1v) is 8.99. The highest BCUT2D eigenvalue weighted by molar-refractivity contribution is 7.91. The third-order valence-corrected chi connectivity index (χ3v) is 5.82. The predicted molar refractivity (Wildman–Crippen MR) is 84.2 cm³/mol. The molecule has 0 aliphatic heterocycles. The van der Waals surface area contributed by atoms with Crippen LogP contribution in [0.1, 0.15) is 11.1 Å². The summed E-state index contributed by atoms with van der Waals surface area (Å²) in [6.07, 6.45) is -4.53. The quantitative estimate of drug-likeness (QED) is 0.761. The van der Waals surface area contributed by atoms with Gasteiger partial charge in [-0.3, -0.25) is 0 Å². The molecular weight excluding hydrogens is 363 g/mol. The van der Waals surface area contributed by atoms with Crippen LogP contribution in [0.3, 0.4) is 0 Å². The van der Waals surface area contributed by atoms with Crippen molar-refractivity contribution in [2.24, 2.45) is 0 Å². The number of anilines is 1. The Morgan fingerprint density at radius 2 is 1.96 bits per heavy atom. The van der Waals surface area contributed by atoms with E-state index in [1.54, 1.807) is 17.5 Å². The van der Waals surface area contributed by atoms with Crippen LogP contribution >= 0.6 is 11.3 Å². The van der Waals surface area contributed by atoms with Crippen LogP contribution in [0.4, 0.5) is 18.9 Å². The van der Waals surface area contributed by atoms with E-state index in [-0.39, 0.29) is 28.5 Å². The highest BCUT2D eigenvalue weighted by atomic mass is 32.2. The Bertz CT molecular complexity index is 841. The lowest BCUT2D eigenvalue weighted by Gasteiger charge is -2.12. The molecule has 1 heterocycles. The van der Waals surface area contributed by atoms with Crippen molar-refractivity contribution >= 4 is 27.0 Å². The van der Waals surface area contributed by atoms with Gasteiger partial charge in [0.25, 0.3) is 0 Å². The van der Waals surface area contributed by atoms with Crippen molar-refractivity contribution < 1.29 is 21.6 Å². The second-order valence-corrected chi connectivity index (χ2v) is 7.57. The van der Waals surface area contributed by atoms with Crippen LogP contribution in [0.5, 0.6) is 0 Å². The topological polar surface area (TPSA) is 82.0 Å². The van der Waals surface area contributed by atoms with E-state index < -0.39 is 21.8 Å². The van der Waals surface area contributed by atoms with Crippen molar-refractivity contribution in [3.05, 3.63) is 46.8 Å². The predicted octanol–water partition coefficient (Wildman–Crippen LogP) is 3.03. The van der Waals surface area contributed by atoms with Crippen molar-refractivity contribution in [1.82, 2.24) is 4.72 Å². The fraction of sp³-hybridized carbons (Fsp3) is 0.214. The van der Waals surface area contributed by atoms with Gasteiger partial charge < -0.3 is 5.32 Å². The van der Waals surface area contributed by atoms with Crippen LogP contribution in [-0.2, 0) is 16.2 Å². The molecule has 2 N–H and O–H groups in total. The molecule has 1 aromatic heterocycles. The number of alkyl halides is 3. The van der Waals surface area contributed by atoms with Crippen LogP contribution in [0.2, 0.25) is 0 Å². The maximum absolute atomic E-state index is 12.6. The van der Waals surface area contributed by atoms with E-state index in [9.17, 15) is 21.6 Å². The smallest absolute Gasteiger partial charge is 0.383 e. The van der Waals surface area contributed by atoms with Crippen LogP contribution in [-0.4, -0.2) is 21.5 Å². The van der Waals surface area contributed by atoms with E-state index in [0.29, 0.717) is 0 Å². The number of benzene rings is 1. The third kappa shape index (κ3) is 4.47. The molecule has 0 saturated heterocycles. The zero-order valence-electron chi connectivity index (χ0n) is 12.1. The normalized spacial score (nSPS) is 11.9. The average Bonchev–Trinajstić information content (AvgIpc) is 3.06. The van der Waals surface area contributed by atoms with Crippen molar-refractivity contribution in [3.63, 3.8) is 0 Å². The summed E-state index contributed by atoms with van der Waals surface area (Å²) in [5, 5.41) is 13.3. The van der Waals surface area contributed by atoms with Gasteiger partial charge in [-0.2, -0.15) is 18.4 Å². The molecule has 128 valence electrons. The monoisotopic (exact) mass is 375 g/mol. The minimum absolute atomic E-state index is 0.0200. The first-order valence-electron chi connectivity index (χ1n) is 6.62. The highest BCUT2D eigenvalue weighted by Gasteiger charge is 2.31. The third-order valence-electron chi connectivity index (χ3n) is 2.96. The fourth-order valence-corrected chi connectivity index (χ4v) is 3.91. The van der Waals surface area contributed by atoms with Crippen molar-refractivity contribution in [3.8, 4) is 6.07 Å². The number of rotatable bonds is 6. The van der Waals surface area contributed by atoms with Crippen LogP contribution in [0.15, 0.2) is 39.9 Å². The summed E-state index contributed by atoms with van der Waals surface area (Å²) in [4.78, 5) is 0. The number of halogens is 3. The van der Waals surface area contributed by atoms with Gasteiger partial charge in [0.1, 0.15) is 10.3 Å². The molecule has 0 atom stereocenters. The zero-order valence-corrected chi connectivity index (χ0v) is 13.7. The number of thiophene rings is 1. The Morgan fingerprint density at radius 3 is 2.54 bits per heavy atom. The molecular formula is C14H12F3N3O2S2. The van der Waals surface area contributed by atoms with Gasteiger partial charge in [-0.1, -0.05) is 6.07 Å². The van der Waals surface area contributed by atoms with E-state index in [1.807, 2.05) is 0 Å². The largest absolute Gasteiger partial charge is 0.416 e. The number of hydrogen-bond acceptors (Lipinski definition) is 5. The van der Waals surface area contributed by atoms with E-state index in [2.05, 4.69) is 10.0 Å². The van der Waals surface area contributed by atoms with Crippen LogP contribution in [0, 0.1) is 11.3 Å². The Balaban J connectivity index is 1.97. The molecule has 0 radical (unpaired) electrons. The number of nitrogens with zero attached hydrogens (tertiary/aromatic N) is 1. The molecule has 2 aromatic rings. The van der Waals surface area contributed by atoms with Gasteiger partial charge >= 0.3 is 6.18 Å². The Hall–Kier alpha value is -2.09. The minimum Gasteiger partial charge on any atom is -0.383 e. The lowest BCUT2D eigenvalue weighted by Crippen LogP contribution is -2.28. The molecule has 0 unspecified atom stereocenters. The number of sulfonamides is 1. The summed E-state index contributed by atoms with van der Waals surface area (Å²) in [6.45, 7) is 0.136. The number of nitrogens with one attached hydrogen (secondary N) is 2. The second-order valence-electron chi connectivity index (χ2n) is 4.63. The lowest BCUT2D eigenvalue weighted by molar-refractivity contribution is -0.137. The summed E-state index contributed by atoms with van der Waals surface area (Å²) < 4.78 is 64.1. The van der Waals surface area contributed by atoms with E-state index in [0.717, 1.165) is 29.5 Å². The molecule has 1 aromatic carbocycles. The van der Waals surface area contributed by atoms with Gasteiger partial charge in [-0.05, 0) is 29.6 Å². The molecule has 0 spiro atoms. The number of hydrogen-bond donors (Lipinski definition) is 2. The Morgan fingerprint density at radius 1 is 1.21 bits per heavy atom. The zero-order chi connectivity index (χ0) is 17.8. The molecule has 10 heteroatoms. The molecule has 0 amide bonds. The number of nitriles is 1. The maximum atomic E-state index is 12.6. The van der Waals surface area contributed by atoms with Crippen molar-refractivity contribution in [2.75, 3.05) is 18.4 Å². The molecule has 0 aliphatic rings. The standard InChI is InChI=1S/C14H12F3N3O2S2/c15-14(16,17)11-3-4-12(10(8-11)9-18)19-5-6-20-24(21,22)13-2-1-7-23-13/h1-4,7-8,19-20H,5-6H2. The van der Waals surface area contributed by atoms with Gasteiger partial charge in [0, 0.05) is 13.1 Å². The van der Waals surface area contributed by atoms with E-state index >= 15 is 0 Å². The van der Waals surface area contributed by atoms with Gasteiger partial charge in [0.15, 0.2) is 0 Å². The summed E-state index contributed by atoms with van der Waals surface area (Å²) in [5.74, 6) is 0. The van der Waals surface area contributed by atoms with Gasteiger partial charge in [-0.15, -0.1) is 11.3 Å². The maximum Gasteiger partial charge on any atom is 0.416 e. The first-order chi connectivity index (χ1) is 11.2. The Labute approximate surface area is 140 Å². The molecule has 0 bridgehead atoms. The van der Waals surface area contributed by atoms with E-state index in [4.69, 9.17) is 5.26 Å². The Kier molecular flexibility index (Phi) is 5.48. The SMILES string of the molecule is N#Cc1cc(C(F)(F)F)ccc1NCCNS(=O)(=O)c1cccs1. The molecule has 0 saturated carbocycles. The molecule has 5 nitrogen and oxygen atoms in total. The molecule has 24 heavy (non-hydrogen) atoms. The van der Waals surface area contributed by atoms with Crippen LogP contribution in [0.25, 0.3) is 0 Å². The summed E-state index contributed by atoms with van der Waals surface area (Å²) in [6, 6.07) is 7.52. The van der Waals surface area contributed by atoms with Crippen LogP contribution < -0.4 is 10.0 Å². The van der Waals surface area contributed by atoms with Gasteiger partial charge in [-0.25, -0.2) is 13.1 Å². The van der Waals surface area contributed by atoms with E-state index in [1.165, 1.54) is 6.07 Å². The molecule has 0 fully saturated rings. The minimum atomic E-state index is -4.53. The highest BCUT2D eigenvalue weighted by Crippen LogP contribution is 2.31. The van der Waals surface area contributed by atoms with Crippen molar-refractivity contribution in [1.29, 1.82) is 5.26 Å². The summed E-state index contributed by atoms with van der Waals surface area (Å²) in [7, 11) is -3.60.